The Bertz CT molecular complexity index is 752. The topological polar surface area (TPSA) is 34.0 Å². The summed E-state index contributed by atoms with van der Waals surface area (Å²) in [4.78, 5) is 16.4. The zero-order valence-electron chi connectivity index (χ0n) is 18.6. The number of nitrogens with zero attached hydrogens (tertiary/aromatic N) is 1. The van der Waals surface area contributed by atoms with Gasteiger partial charge in [0.25, 0.3) is 0 Å². The molecule has 1 saturated heterocycles. The average Bonchev–Trinajstić information content (AvgIpc) is 2.80. The van der Waals surface area contributed by atoms with E-state index in [0.29, 0.717) is 12.5 Å². The van der Waals surface area contributed by atoms with Gasteiger partial charge in [-0.15, -0.1) is 0 Å². The van der Waals surface area contributed by atoms with Crippen LogP contribution in [0.2, 0.25) is 0 Å². The van der Waals surface area contributed by atoms with Crippen LogP contribution in [0.4, 0.5) is 0 Å². The minimum Gasteiger partial charge on any atom is -0.489 e. The molecule has 0 radical (unpaired) electrons. The minimum absolute atomic E-state index is 0.222. The molecule has 2 aromatic rings. The molecule has 0 atom stereocenters. The number of benzene rings is 2. The van der Waals surface area contributed by atoms with E-state index in [4.69, 9.17) is 4.74 Å². The number of likely N-dealkylation sites (tertiary alicyclic amines) is 1. The number of hydrogen-bond acceptors (Lipinski definition) is 2. The highest BCUT2D eigenvalue weighted by Crippen LogP contribution is 2.16. The van der Waals surface area contributed by atoms with E-state index in [9.17, 15) is 4.79 Å². The highest BCUT2D eigenvalue weighted by molar-refractivity contribution is 5.78. The van der Waals surface area contributed by atoms with Gasteiger partial charge >= 0.3 is 0 Å². The number of nitrogens with one attached hydrogen (secondary N) is 1. The largest absolute Gasteiger partial charge is 0.489 e. The Balaban J connectivity index is 1.42. The molecular weight excluding hydrogens is 372 g/mol. The second-order valence-corrected chi connectivity index (χ2v) is 8.39. The third kappa shape index (κ3) is 6.60. The number of rotatable bonds is 10. The van der Waals surface area contributed by atoms with Crippen molar-refractivity contribution in [1.82, 2.24) is 4.90 Å². The number of ether oxygens (including phenoxy) is 1. The summed E-state index contributed by atoms with van der Waals surface area (Å²) in [6, 6.07) is 18.7. The van der Waals surface area contributed by atoms with Gasteiger partial charge in [0.1, 0.15) is 18.9 Å². The van der Waals surface area contributed by atoms with Gasteiger partial charge in [0.2, 0.25) is 5.91 Å². The summed E-state index contributed by atoms with van der Waals surface area (Å²) in [5.41, 5.74) is 2.51. The molecule has 0 aliphatic carbocycles. The van der Waals surface area contributed by atoms with Crippen molar-refractivity contribution in [2.24, 2.45) is 5.92 Å². The van der Waals surface area contributed by atoms with Crippen LogP contribution in [0.25, 0.3) is 0 Å². The molecule has 0 saturated carbocycles. The highest BCUT2D eigenvalue weighted by Gasteiger charge is 2.29. The number of unbranched alkanes of at least 4 members (excludes halogenated alkanes) is 1. The van der Waals surface area contributed by atoms with Crippen LogP contribution in [-0.4, -0.2) is 37.0 Å². The van der Waals surface area contributed by atoms with Crippen molar-refractivity contribution >= 4 is 5.91 Å². The van der Waals surface area contributed by atoms with Crippen LogP contribution in [-0.2, 0) is 17.9 Å². The van der Waals surface area contributed by atoms with Crippen LogP contribution in [0.15, 0.2) is 54.6 Å². The molecule has 1 aliphatic heterocycles. The molecule has 4 nitrogen and oxygen atoms in total. The van der Waals surface area contributed by atoms with E-state index in [1.54, 1.807) is 4.90 Å². The molecule has 1 heterocycles. The van der Waals surface area contributed by atoms with Crippen molar-refractivity contribution < 1.29 is 14.4 Å². The third-order valence-electron chi connectivity index (χ3n) is 6.14. The first kappa shape index (κ1) is 22.4. The molecule has 1 aliphatic rings. The second kappa shape index (κ2) is 11.8. The lowest BCUT2D eigenvalue weighted by molar-refractivity contribution is -0.919. The summed E-state index contributed by atoms with van der Waals surface area (Å²) in [5.74, 6) is 1.51. The van der Waals surface area contributed by atoms with E-state index >= 15 is 0 Å². The maximum Gasteiger partial charge on any atom is 0.226 e. The summed E-state index contributed by atoms with van der Waals surface area (Å²) in [7, 11) is 0. The van der Waals surface area contributed by atoms with Crippen LogP contribution in [0, 0.1) is 5.92 Å². The molecule has 30 heavy (non-hydrogen) atoms. The number of piperidine rings is 1. The van der Waals surface area contributed by atoms with Gasteiger partial charge < -0.3 is 14.5 Å². The zero-order chi connectivity index (χ0) is 21.2. The van der Waals surface area contributed by atoms with Gasteiger partial charge in [-0.05, 0) is 43.2 Å². The van der Waals surface area contributed by atoms with E-state index < -0.39 is 0 Å². The molecule has 3 rings (SSSR count). The monoisotopic (exact) mass is 409 g/mol. The number of quaternary nitrogens is 1. The van der Waals surface area contributed by atoms with E-state index in [1.165, 1.54) is 11.1 Å². The Kier molecular flexibility index (Phi) is 8.76. The Morgan fingerprint density at radius 2 is 1.70 bits per heavy atom. The molecule has 162 valence electrons. The van der Waals surface area contributed by atoms with Crippen molar-refractivity contribution in [2.45, 2.75) is 52.7 Å². The molecule has 2 aromatic carbocycles. The summed E-state index contributed by atoms with van der Waals surface area (Å²) >= 11 is 0. The summed E-state index contributed by atoms with van der Waals surface area (Å²) in [6.07, 6.45) is 4.27. The molecule has 0 aromatic heterocycles. The first-order valence-electron chi connectivity index (χ1n) is 11.6. The van der Waals surface area contributed by atoms with Gasteiger partial charge in [-0.1, -0.05) is 43.7 Å². The second-order valence-electron chi connectivity index (χ2n) is 8.39. The first-order chi connectivity index (χ1) is 14.7. The van der Waals surface area contributed by atoms with Crippen LogP contribution >= 0.6 is 0 Å². The van der Waals surface area contributed by atoms with E-state index in [1.807, 2.05) is 18.2 Å². The fourth-order valence-electron chi connectivity index (χ4n) is 4.21. The van der Waals surface area contributed by atoms with Crippen LogP contribution in [0.3, 0.4) is 0 Å². The van der Waals surface area contributed by atoms with Crippen molar-refractivity contribution in [2.75, 3.05) is 26.2 Å². The lowest BCUT2D eigenvalue weighted by atomic mass is 9.94. The predicted octanol–water partition coefficient (Wildman–Crippen LogP) is 3.71. The molecule has 0 spiro atoms. The molecule has 0 bridgehead atoms. The van der Waals surface area contributed by atoms with Crippen LogP contribution in [0.1, 0.15) is 50.7 Å². The Morgan fingerprint density at radius 1 is 1.00 bits per heavy atom. The first-order valence-corrected chi connectivity index (χ1v) is 11.6. The maximum absolute atomic E-state index is 12.8. The summed E-state index contributed by atoms with van der Waals surface area (Å²) < 4.78 is 5.89. The smallest absolute Gasteiger partial charge is 0.226 e. The van der Waals surface area contributed by atoms with Gasteiger partial charge in [0.15, 0.2) is 0 Å². The Morgan fingerprint density at radius 3 is 2.33 bits per heavy atom. The van der Waals surface area contributed by atoms with Gasteiger partial charge in [-0.2, -0.15) is 0 Å². The number of hydrogen-bond donors (Lipinski definition) is 1. The molecule has 1 N–H and O–H groups in total. The van der Waals surface area contributed by atoms with E-state index in [2.05, 4.69) is 55.1 Å². The van der Waals surface area contributed by atoms with Crippen molar-refractivity contribution in [3.05, 3.63) is 65.7 Å². The van der Waals surface area contributed by atoms with Crippen LogP contribution < -0.4 is 9.64 Å². The Hall–Kier alpha value is -2.33. The number of carbonyl (C=O) groups is 1. The van der Waals surface area contributed by atoms with Gasteiger partial charge in [0.05, 0.1) is 13.1 Å². The third-order valence-corrected chi connectivity index (χ3v) is 6.14. The normalized spacial score (nSPS) is 18.7. The fourth-order valence-corrected chi connectivity index (χ4v) is 4.21. The predicted molar refractivity (Wildman–Crippen MR) is 122 cm³/mol. The van der Waals surface area contributed by atoms with Gasteiger partial charge in [-0.3, -0.25) is 4.79 Å². The summed E-state index contributed by atoms with van der Waals surface area (Å²) in [6.45, 7) is 9.81. The molecular formula is C26H37N2O2+. The lowest BCUT2D eigenvalue weighted by Crippen LogP contribution is -3.11. The SMILES string of the molecule is CCCCN(CC)C(=O)C1CC[NH+](Cc2ccc(OCc3ccccc3)cc2)CC1. The van der Waals surface area contributed by atoms with Crippen molar-refractivity contribution in [3.63, 3.8) is 0 Å². The van der Waals surface area contributed by atoms with E-state index in [-0.39, 0.29) is 5.92 Å². The van der Waals surface area contributed by atoms with Crippen LogP contribution in [0.5, 0.6) is 5.75 Å². The lowest BCUT2D eigenvalue weighted by Gasteiger charge is -2.32. The molecule has 1 fully saturated rings. The summed E-state index contributed by atoms with van der Waals surface area (Å²) in [5, 5.41) is 0. The van der Waals surface area contributed by atoms with Gasteiger partial charge in [0, 0.05) is 37.4 Å². The minimum atomic E-state index is 0.222. The molecule has 4 heteroatoms. The van der Waals surface area contributed by atoms with Crippen molar-refractivity contribution in [1.29, 1.82) is 0 Å². The highest BCUT2D eigenvalue weighted by atomic mass is 16.5. The Labute approximate surface area is 181 Å². The van der Waals surface area contributed by atoms with E-state index in [0.717, 1.165) is 64.2 Å². The molecule has 0 unspecified atom stereocenters. The average molecular weight is 410 g/mol. The van der Waals surface area contributed by atoms with Crippen molar-refractivity contribution in [3.8, 4) is 5.75 Å². The van der Waals surface area contributed by atoms with Gasteiger partial charge in [-0.25, -0.2) is 0 Å². The zero-order valence-corrected chi connectivity index (χ0v) is 18.6. The number of amides is 1. The number of carbonyl (C=O) groups excluding carboxylic acids is 1. The maximum atomic E-state index is 12.8. The standard InChI is InChI=1S/C26H36N2O2/c1-3-5-17-28(4-2)26(29)24-15-18-27(19-16-24)20-22-11-13-25(14-12-22)30-21-23-9-7-6-8-10-23/h6-14,24H,3-5,15-21H2,1-2H3/p+1. The quantitative estimate of drug-likeness (QED) is 0.649. The fraction of sp³-hybridized carbons (Fsp3) is 0.500. The molecule has 1 amide bonds.